The van der Waals surface area contributed by atoms with Crippen molar-refractivity contribution in [2.45, 2.75) is 25.3 Å². The molecule has 0 amide bonds. The number of likely N-dealkylation sites (N-methyl/N-ethyl adjacent to an activating group) is 1. The summed E-state index contributed by atoms with van der Waals surface area (Å²) in [5.74, 6) is 0.458. The van der Waals surface area contributed by atoms with Crippen molar-refractivity contribution in [3.05, 3.63) is 29.7 Å². The van der Waals surface area contributed by atoms with Crippen molar-refractivity contribution in [2.75, 3.05) is 20.1 Å². The van der Waals surface area contributed by atoms with Crippen molar-refractivity contribution in [1.82, 2.24) is 19.5 Å². The molecule has 18 heavy (non-hydrogen) atoms. The van der Waals surface area contributed by atoms with Gasteiger partial charge in [-0.2, -0.15) is 5.10 Å². The maximum absolute atomic E-state index is 6.09. The van der Waals surface area contributed by atoms with Crippen LogP contribution in [-0.4, -0.2) is 45.7 Å². The Hall–Kier alpha value is -1.46. The van der Waals surface area contributed by atoms with Gasteiger partial charge in [0.2, 0.25) is 0 Å². The van der Waals surface area contributed by atoms with Crippen LogP contribution in [0.3, 0.4) is 0 Å². The summed E-state index contributed by atoms with van der Waals surface area (Å²) in [6.07, 6.45) is 6.94. The van der Waals surface area contributed by atoms with E-state index >= 15 is 0 Å². The first-order chi connectivity index (χ1) is 8.63. The number of aromatic nitrogens is 3. The van der Waals surface area contributed by atoms with E-state index < -0.39 is 0 Å². The van der Waals surface area contributed by atoms with E-state index in [1.807, 2.05) is 23.8 Å². The molecule has 0 spiro atoms. The molecule has 96 valence electrons. The Morgan fingerprint density at radius 1 is 1.33 bits per heavy atom. The Morgan fingerprint density at radius 3 is 2.94 bits per heavy atom. The number of nitrogens with zero attached hydrogens (tertiary/aromatic N) is 4. The lowest BCUT2D eigenvalue weighted by Gasteiger charge is -2.33. The van der Waals surface area contributed by atoms with Gasteiger partial charge in [0, 0.05) is 43.0 Å². The zero-order chi connectivity index (χ0) is 12.7. The lowest BCUT2D eigenvalue weighted by molar-refractivity contribution is 0.226. The van der Waals surface area contributed by atoms with Crippen LogP contribution < -0.4 is 5.73 Å². The van der Waals surface area contributed by atoms with Crippen LogP contribution >= 0.6 is 0 Å². The molecule has 1 aliphatic heterocycles. The largest absolute Gasteiger partial charge is 0.327 e. The summed E-state index contributed by atoms with van der Waals surface area (Å²) in [5.41, 5.74) is 9.36. The molecule has 3 heterocycles. The molecule has 0 radical (unpaired) electrons. The summed E-state index contributed by atoms with van der Waals surface area (Å²) in [6, 6.07) is 0.254. The van der Waals surface area contributed by atoms with Crippen molar-refractivity contribution in [1.29, 1.82) is 0 Å². The first-order valence-electron chi connectivity index (χ1n) is 6.37. The van der Waals surface area contributed by atoms with Gasteiger partial charge >= 0.3 is 0 Å². The molecule has 0 aromatic carbocycles. The molecule has 0 aliphatic carbocycles. The fourth-order valence-corrected chi connectivity index (χ4v) is 2.83. The van der Waals surface area contributed by atoms with Crippen molar-refractivity contribution in [3.63, 3.8) is 0 Å². The zero-order valence-electron chi connectivity index (χ0n) is 10.9. The molecule has 5 heteroatoms. The Balaban J connectivity index is 1.93. The van der Waals surface area contributed by atoms with E-state index in [-0.39, 0.29) is 6.04 Å². The first kappa shape index (κ1) is 11.6. The van der Waals surface area contributed by atoms with Crippen LogP contribution in [0.15, 0.2) is 18.6 Å². The Morgan fingerprint density at radius 2 is 2.17 bits per heavy atom. The van der Waals surface area contributed by atoms with Gasteiger partial charge in [-0.3, -0.25) is 0 Å². The van der Waals surface area contributed by atoms with Crippen LogP contribution in [0.4, 0.5) is 0 Å². The topological polar surface area (TPSA) is 59.5 Å². The first-order valence-corrected chi connectivity index (χ1v) is 6.37. The van der Waals surface area contributed by atoms with Gasteiger partial charge in [0.05, 0.1) is 6.20 Å². The van der Waals surface area contributed by atoms with E-state index in [0.29, 0.717) is 5.92 Å². The van der Waals surface area contributed by atoms with Crippen molar-refractivity contribution in [3.8, 4) is 0 Å². The molecule has 5 nitrogen and oxygen atoms in total. The SMILES string of the molecule is Cc1cnn2cc(C3CC(N)CN(C)C3)cnc12. The monoisotopic (exact) mass is 245 g/mol. The fraction of sp³-hybridized carbons (Fsp3) is 0.538. The van der Waals surface area contributed by atoms with Crippen LogP contribution in [0, 0.1) is 6.92 Å². The van der Waals surface area contributed by atoms with Gasteiger partial charge in [-0.25, -0.2) is 9.50 Å². The number of hydrogen-bond acceptors (Lipinski definition) is 4. The fourth-order valence-electron chi connectivity index (χ4n) is 2.83. The summed E-state index contributed by atoms with van der Waals surface area (Å²) >= 11 is 0. The van der Waals surface area contributed by atoms with Crippen molar-refractivity contribution >= 4 is 5.65 Å². The number of aryl methyl sites for hydroxylation is 1. The predicted octanol–water partition coefficient (Wildman–Crippen LogP) is 0.784. The number of nitrogens with two attached hydrogens (primary N) is 1. The van der Waals surface area contributed by atoms with Crippen molar-refractivity contribution in [2.24, 2.45) is 5.73 Å². The lowest BCUT2D eigenvalue weighted by atomic mass is 9.90. The van der Waals surface area contributed by atoms with Gasteiger partial charge in [-0.05, 0) is 26.0 Å². The summed E-state index contributed by atoms with van der Waals surface area (Å²) in [7, 11) is 2.12. The molecule has 2 aromatic rings. The van der Waals surface area contributed by atoms with Crippen LogP contribution in [0.5, 0.6) is 0 Å². The molecule has 1 aliphatic rings. The minimum absolute atomic E-state index is 0.254. The molecule has 2 aromatic heterocycles. The number of hydrogen-bond donors (Lipinski definition) is 1. The predicted molar refractivity (Wildman–Crippen MR) is 70.6 cm³/mol. The summed E-state index contributed by atoms with van der Waals surface area (Å²) in [4.78, 5) is 6.80. The maximum atomic E-state index is 6.09. The average Bonchev–Trinajstić information content (AvgIpc) is 2.69. The quantitative estimate of drug-likeness (QED) is 0.806. The van der Waals surface area contributed by atoms with E-state index in [0.717, 1.165) is 30.7 Å². The number of fused-ring (bicyclic) bond motifs is 1. The number of likely N-dealkylation sites (tertiary alicyclic amines) is 1. The van der Waals surface area contributed by atoms with Crippen LogP contribution in [-0.2, 0) is 0 Å². The van der Waals surface area contributed by atoms with E-state index in [1.54, 1.807) is 0 Å². The van der Waals surface area contributed by atoms with Crippen molar-refractivity contribution < 1.29 is 0 Å². The second kappa shape index (κ2) is 4.33. The van der Waals surface area contributed by atoms with Gasteiger partial charge in [0.15, 0.2) is 5.65 Å². The van der Waals surface area contributed by atoms with E-state index in [1.165, 1.54) is 5.56 Å². The Kier molecular flexibility index (Phi) is 2.80. The highest BCUT2D eigenvalue weighted by atomic mass is 15.2. The summed E-state index contributed by atoms with van der Waals surface area (Å²) in [6.45, 7) is 4.05. The van der Waals surface area contributed by atoms with E-state index in [2.05, 4.69) is 28.2 Å². The summed E-state index contributed by atoms with van der Waals surface area (Å²) in [5, 5.41) is 4.32. The molecule has 0 bridgehead atoms. The minimum Gasteiger partial charge on any atom is -0.327 e. The smallest absolute Gasteiger partial charge is 0.157 e. The highest BCUT2D eigenvalue weighted by molar-refractivity contribution is 5.45. The average molecular weight is 245 g/mol. The lowest BCUT2D eigenvalue weighted by Crippen LogP contribution is -2.44. The van der Waals surface area contributed by atoms with Gasteiger partial charge in [-0.15, -0.1) is 0 Å². The third-order valence-electron chi connectivity index (χ3n) is 3.69. The maximum Gasteiger partial charge on any atom is 0.157 e. The minimum atomic E-state index is 0.254. The molecular formula is C13H19N5. The normalized spacial score (nSPS) is 25.7. The molecule has 3 rings (SSSR count). The van der Waals surface area contributed by atoms with Crippen LogP contribution in [0.1, 0.15) is 23.5 Å². The molecule has 1 fully saturated rings. The highest BCUT2D eigenvalue weighted by Gasteiger charge is 2.24. The van der Waals surface area contributed by atoms with Gasteiger partial charge in [-0.1, -0.05) is 0 Å². The van der Waals surface area contributed by atoms with Gasteiger partial charge in [0.25, 0.3) is 0 Å². The molecular weight excluding hydrogens is 226 g/mol. The Bertz CT molecular complexity index is 552. The van der Waals surface area contributed by atoms with Gasteiger partial charge in [0.1, 0.15) is 0 Å². The second-order valence-corrected chi connectivity index (χ2v) is 5.40. The van der Waals surface area contributed by atoms with Gasteiger partial charge < -0.3 is 10.6 Å². The molecule has 1 saturated heterocycles. The van der Waals surface area contributed by atoms with Crippen LogP contribution in [0.2, 0.25) is 0 Å². The molecule has 2 atom stereocenters. The Labute approximate surface area is 107 Å². The standard InChI is InChI=1S/C13H19N5/c1-9-4-16-18-7-11(5-15-13(9)18)10-3-12(14)8-17(2)6-10/h4-5,7,10,12H,3,6,8,14H2,1-2H3. The third-order valence-corrected chi connectivity index (χ3v) is 3.69. The third kappa shape index (κ3) is 2.00. The molecule has 2 unspecified atom stereocenters. The number of piperidine rings is 1. The second-order valence-electron chi connectivity index (χ2n) is 5.40. The number of rotatable bonds is 1. The summed E-state index contributed by atoms with van der Waals surface area (Å²) < 4.78 is 1.87. The highest BCUT2D eigenvalue weighted by Crippen LogP contribution is 2.25. The van der Waals surface area contributed by atoms with E-state index in [9.17, 15) is 0 Å². The van der Waals surface area contributed by atoms with Crippen LogP contribution in [0.25, 0.3) is 5.65 Å². The molecule has 2 N–H and O–H groups in total. The van der Waals surface area contributed by atoms with E-state index in [4.69, 9.17) is 5.73 Å². The zero-order valence-corrected chi connectivity index (χ0v) is 10.9. The molecule has 0 saturated carbocycles.